The van der Waals surface area contributed by atoms with Gasteiger partial charge in [-0.1, -0.05) is 18.2 Å². The molecule has 1 aliphatic carbocycles. The van der Waals surface area contributed by atoms with Crippen LogP contribution in [-0.2, 0) is 11.4 Å². The normalized spacial score (nSPS) is 21.8. The zero-order chi connectivity index (χ0) is 21.1. The molecule has 2 atom stereocenters. The van der Waals surface area contributed by atoms with Crippen LogP contribution >= 0.6 is 12.4 Å². The number of likely N-dealkylation sites (tertiary alicyclic amines) is 1. The van der Waals surface area contributed by atoms with E-state index >= 15 is 0 Å². The predicted octanol–water partition coefficient (Wildman–Crippen LogP) is 3.01. The van der Waals surface area contributed by atoms with Gasteiger partial charge in [-0.3, -0.25) is 4.79 Å². The number of para-hydroxylation sites is 1. The molecule has 31 heavy (non-hydrogen) atoms. The average Bonchev–Trinajstić information content (AvgIpc) is 3.51. The summed E-state index contributed by atoms with van der Waals surface area (Å²) in [6, 6.07) is 11.4. The van der Waals surface area contributed by atoms with Crippen LogP contribution in [0, 0.1) is 5.95 Å². The summed E-state index contributed by atoms with van der Waals surface area (Å²) in [7, 11) is 0. The van der Waals surface area contributed by atoms with Gasteiger partial charge in [-0.25, -0.2) is 4.98 Å². The fourth-order valence-electron chi connectivity index (χ4n) is 3.96. The molecule has 0 unspecified atom stereocenters. The number of halogens is 2. The molecular weight excluding hydrogens is 419 g/mol. The molecule has 1 aromatic carbocycles. The minimum atomic E-state index is -0.507. The van der Waals surface area contributed by atoms with Crippen LogP contribution in [0.15, 0.2) is 42.6 Å². The van der Waals surface area contributed by atoms with E-state index in [2.05, 4.69) is 10.3 Å². The number of amides is 1. The van der Waals surface area contributed by atoms with Gasteiger partial charge in [0.25, 0.3) is 0 Å². The highest BCUT2D eigenvalue weighted by atomic mass is 35.5. The van der Waals surface area contributed by atoms with Crippen molar-refractivity contribution in [1.82, 2.24) is 15.2 Å². The van der Waals surface area contributed by atoms with Crippen LogP contribution in [0.5, 0.6) is 5.75 Å². The molecule has 3 N–H and O–H groups in total. The molecule has 0 radical (unpaired) electrons. The van der Waals surface area contributed by atoms with E-state index in [0.717, 1.165) is 43.7 Å². The second kappa shape index (κ2) is 9.94. The number of rotatable bonds is 7. The van der Waals surface area contributed by atoms with Gasteiger partial charge in [0.15, 0.2) is 0 Å². The molecule has 1 saturated heterocycles. The third-order valence-corrected chi connectivity index (χ3v) is 6.10. The van der Waals surface area contributed by atoms with Crippen LogP contribution in [-0.4, -0.2) is 47.0 Å². The summed E-state index contributed by atoms with van der Waals surface area (Å²) in [5.41, 5.74) is 7.51. The lowest BCUT2D eigenvalue weighted by atomic mass is 9.91. The average molecular weight is 449 g/mol. The van der Waals surface area contributed by atoms with E-state index in [1.54, 1.807) is 12.1 Å². The summed E-state index contributed by atoms with van der Waals surface area (Å²) < 4.78 is 19.7. The van der Waals surface area contributed by atoms with Gasteiger partial charge in [-0.05, 0) is 49.9 Å². The van der Waals surface area contributed by atoms with E-state index < -0.39 is 5.95 Å². The minimum Gasteiger partial charge on any atom is -0.488 e. The van der Waals surface area contributed by atoms with Crippen LogP contribution < -0.4 is 15.8 Å². The van der Waals surface area contributed by atoms with Crippen molar-refractivity contribution < 1.29 is 13.9 Å². The summed E-state index contributed by atoms with van der Waals surface area (Å²) in [6.45, 7) is 3.97. The largest absolute Gasteiger partial charge is 0.488 e. The molecular formula is C23H30ClFN4O2. The monoisotopic (exact) mass is 448 g/mol. The Balaban J connectivity index is 0.00000272. The standard InChI is InChI=1S/C23H29FN4O2.ClH/c1-23(25)8-11-28(12-9-23)21(29)14-27-19-13-18(19)17-6-2-3-7-20(17)30-15-16-5-4-10-26-22(16)24;/h2-7,10,18-19,27H,8-9,11-15,25H2,1H3;1H/t18-,19+;/m0./s1. The molecule has 1 amide bonds. The highest BCUT2D eigenvalue weighted by molar-refractivity contribution is 5.85. The zero-order valence-corrected chi connectivity index (χ0v) is 18.5. The maximum absolute atomic E-state index is 13.8. The second-order valence-electron chi connectivity index (χ2n) is 8.64. The molecule has 1 saturated carbocycles. The van der Waals surface area contributed by atoms with Crippen LogP contribution in [0.1, 0.15) is 43.2 Å². The number of nitrogens with zero attached hydrogens (tertiary/aromatic N) is 2. The summed E-state index contributed by atoms with van der Waals surface area (Å²) in [4.78, 5) is 18.1. The fraction of sp³-hybridized carbons (Fsp3) is 0.478. The lowest BCUT2D eigenvalue weighted by Gasteiger charge is -2.36. The summed E-state index contributed by atoms with van der Waals surface area (Å²) in [6.07, 6.45) is 4.06. The fourth-order valence-corrected chi connectivity index (χ4v) is 3.96. The zero-order valence-electron chi connectivity index (χ0n) is 17.7. The highest BCUT2D eigenvalue weighted by Crippen LogP contribution is 2.44. The van der Waals surface area contributed by atoms with E-state index in [1.807, 2.05) is 36.1 Å². The quantitative estimate of drug-likeness (QED) is 0.636. The number of carbonyl (C=O) groups is 1. The molecule has 8 heteroatoms. The Hall–Kier alpha value is -2.22. The van der Waals surface area contributed by atoms with E-state index in [4.69, 9.17) is 10.5 Å². The maximum atomic E-state index is 13.8. The van der Waals surface area contributed by atoms with Crippen molar-refractivity contribution in [3.05, 3.63) is 59.7 Å². The molecule has 2 fully saturated rings. The number of aromatic nitrogens is 1. The third-order valence-electron chi connectivity index (χ3n) is 6.10. The molecule has 0 spiro atoms. The van der Waals surface area contributed by atoms with Crippen LogP contribution in [0.4, 0.5) is 4.39 Å². The first-order chi connectivity index (χ1) is 14.4. The number of pyridine rings is 1. The van der Waals surface area contributed by atoms with Crippen LogP contribution in [0.25, 0.3) is 0 Å². The Bertz CT molecular complexity index is 901. The minimum absolute atomic E-state index is 0. The lowest BCUT2D eigenvalue weighted by Crippen LogP contribution is -2.51. The number of hydrogen-bond acceptors (Lipinski definition) is 5. The first-order valence-corrected chi connectivity index (χ1v) is 10.5. The summed E-state index contributed by atoms with van der Waals surface area (Å²) >= 11 is 0. The van der Waals surface area contributed by atoms with Crippen molar-refractivity contribution in [2.75, 3.05) is 19.6 Å². The molecule has 1 aliphatic heterocycles. The number of nitrogens with two attached hydrogens (primary N) is 1. The number of carbonyl (C=O) groups excluding carboxylic acids is 1. The Kier molecular flexibility index (Phi) is 7.51. The topological polar surface area (TPSA) is 80.5 Å². The van der Waals surface area contributed by atoms with Gasteiger partial charge in [0.1, 0.15) is 12.4 Å². The van der Waals surface area contributed by atoms with Crippen molar-refractivity contribution in [1.29, 1.82) is 0 Å². The van der Waals surface area contributed by atoms with Crippen molar-refractivity contribution in [2.45, 2.75) is 50.3 Å². The van der Waals surface area contributed by atoms with Gasteiger partial charge in [0.05, 0.1) is 6.54 Å². The molecule has 2 heterocycles. The number of hydrogen-bond donors (Lipinski definition) is 2. The molecule has 4 rings (SSSR count). The van der Waals surface area contributed by atoms with E-state index in [0.29, 0.717) is 18.0 Å². The van der Waals surface area contributed by atoms with Crippen molar-refractivity contribution in [3.63, 3.8) is 0 Å². The summed E-state index contributed by atoms with van der Waals surface area (Å²) in [5.74, 6) is 0.668. The number of piperidine rings is 1. The molecule has 2 aromatic rings. The summed E-state index contributed by atoms with van der Waals surface area (Å²) in [5, 5.41) is 3.39. The van der Waals surface area contributed by atoms with E-state index in [-0.39, 0.29) is 36.5 Å². The second-order valence-corrected chi connectivity index (χ2v) is 8.64. The van der Waals surface area contributed by atoms with Gasteiger partial charge < -0.3 is 20.7 Å². The Labute approximate surface area is 188 Å². The van der Waals surface area contributed by atoms with Gasteiger partial charge in [-0.15, -0.1) is 12.4 Å². The Morgan fingerprint density at radius 2 is 2.03 bits per heavy atom. The molecule has 168 valence electrons. The van der Waals surface area contributed by atoms with Gasteiger partial charge in [-0.2, -0.15) is 4.39 Å². The molecule has 6 nitrogen and oxygen atoms in total. The highest BCUT2D eigenvalue weighted by Gasteiger charge is 2.40. The molecule has 1 aromatic heterocycles. The Morgan fingerprint density at radius 3 is 2.77 bits per heavy atom. The number of benzene rings is 1. The first-order valence-electron chi connectivity index (χ1n) is 10.5. The van der Waals surface area contributed by atoms with Gasteiger partial charge in [0.2, 0.25) is 11.9 Å². The number of ether oxygens (including phenoxy) is 1. The third kappa shape index (κ3) is 5.93. The smallest absolute Gasteiger partial charge is 0.236 e. The Morgan fingerprint density at radius 1 is 1.29 bits per heavy atom. The van der Waals surface area contributed by atoms with Crippen molar-refractivity contribution in [2.24, 2.45) is 5.73 Å². The molecule has 0 bridgehead atoms. The maximum Gasteiger partial charge on any atom is 0.236 e. The van der Waals surface area contributed by atoms with Crippen LogP contribution in [0.3, 0.4) is 0 Å². The predicted molar refractivity (Wildman–Crippen MR) is 120 cm³/mol. The SMILES string of the molecule is CC1(N)CCN(C(=O)CN[C@@H]2C[C@H]2c2ccccc2OCc2cccnc2F)CC1.Cl. The van der Waals surface area contributed by atoms with E-state index in [1.165, 1.54) is 6.20 Å². The van der Waals surface area contributed by atoms with Crippen molar-refractivity contribution in [3.8, 4) is 5.75 Å². The van der Waals surface area contributed by atoms with Gasteiger partial charge >= 0.3 is 0 Å². The van der Waals surface area contributed by atoms with Gasteiger partial charge in [0, 0.05) is 42.3 Å². The first kappa shape index (κ1) is 23.4. The molecule has 2 aliphatic rings. The van der Waals surface area contributed by atoms with E-state index in [9.17, 15) is 9.18 Å². The number of nitrogens with one attached hydrogen (secondary N) is 1. The lowest BCUT2D eigenvalue weighted by molar-refractivity contribution is -0.131. The van der Waals surface area contributed by atoms with Crippen LogP contribution in [0.2, 0.25) is 0 Å². The van der Waals surface area contributed by atoms with Crippen molar-refractivity contribution >= 4 is 18.3 Å².